The summed E-state index contributed by atoms with van der Waals surface area (Å²) < 4.78 is 5.60. The Kier molecular flexibility index (Phi) is 4.48. The zero-order valence-electron chi connectivity index (χ0n) is 10.6. The highest BCUT2D eigenvalue weighted by molar-refractivity contribution is 9.10. The van der Waals surface area contributed by atoms with Crippen LogP contribution in [0.25, 0.3) is 0 Å². The number of methoxy groups -OCH3 is 1. The standard InChI is InChI=1S/C15H12BrClO3/c1-20-14(18)15(19,10-2-6-12(16)7-3-10)11-4-8-13(17)9-5-11/h2-9,19H,1H3. The molecular weight excluding hydrogens is 344 g/mol. The van der Waals surface area contributed by atoms with Gasteiger partial charge in [-0.05, 0) is 35.4 Å². The molecule has 0 spiro atoms. The lowest BCUT2D eigenvalue weighted by Crippen LogP contribution is -2.38. The van der Waals surface area contributed by atoms with Crippen LogP contribution in [-0.4, -0.2) is 18.2 Å². The number of halogens is 2. The Morgan fingerprint density at radius 3 is 2.00 bits per heavy atom. The molecule has 104 valence electrons. The number of esters is 1. The summed E-state index contributed by atoms with van der Waals surface area (Å²) in [5.74, 6) is -0.748. The Morgan fingerprint density at radius 2 is 1.55 bits per heavy atom. The van der Waals surface area contributed by atoms with E-state index in [0.29, 0.717) is 16.1 Å². The molecule has 0 radical (unpaired) electrons. The summed E-state index contributed by atoms with van der Waals surface area (Å²) in [7, 11) is 1.24. The van der Waals surface area contributed by atoms with Crippen LogP contribution in [0.3, 0.4) is 0 Å². The van der Waals surface area contributed by atoms with E-state index in [1.807, 2.05) is 0 Å². The molecule has 20 heavy (non-hydrogen) atoms. The molecule has 0 fully saturated rings. The lowest BCUT2D eigenvalue weighted by molar-refractivity contribution is -0.158. The predicted octanol–water partition coefficient (Wildman–Crippen LogP) is 3.51. The minimum atomic E-state index is -1.86. The number of rotatable bonds is 3. The summed E-state index contributed by atoms with van der Waals surface area (Å²) in [4.78, 5) is 12.1. The van der Waals surface area contributed by atoms with Gasteiger partial charge < -0.3 is 9.84 Å². The van der Waals surface area contributed by atoms with E-state index in [1.54, 1.807) is 48.5 Å². The third-order valence-corrected chi connectivity index (χ3v) is 3.79. The van der Waals surface area contributed by atoms with Crippen molar-refractivity contribution in [2.24, 2.45) is 0 Å². The van der Waals surface area contributed by atoms with Gasteiger partial charge in [0.15, 0.2) is 0 Å². The molecule has 1 atom stereocenters. The number of benzene rings is 2. The minimum Gasteiger partial charge on any atom is -0.466 e. The Balaban J connectivity index is 2.58. The van der Waals surface area contributed by atoms with Crippen molar-refractivity contribution in [3.05, 3.63) is 69.2 Å². The molecule has 0 aliphatic carbocycles. The third kappa shape index (κ3) is 2.73. The van der Waals surface area contributed by atoms with Crippen LogP contribution in [0.4, 0.5) is 0 Å². The van der Waals surface area contributed by atoms with Gasteiger partial charge in [0.1, 0.15) is 0 Å². The van der Waals surface area contributed by atoms with Gasteiger partial charge in [-0.1, -0.05) is 51.8 Å². The van der Waals surface area contributed by atoms with Crippen LogP contribution in [0.5, 0.6) is 0 Å². The van der Waals surface area contributed by atoms with Crippen LogP contribution in [0.1, 0.15) is 11.1 Å². The molecule has 0 aliphatic heterocycles. The average molecular weight is 356 g/mol. The smallest absolute Gasteiger partial charge is 0.347 e. The summed E-state index contributed by atoms with van der Waals surface area (Å²) in [5.41, 5.74) is -1.04. The van der Waals surface area contributed by atoms with Gasteiger partial charge in [0.05, 0.1) is 7.11 Å². The SMILES string of the molecule is COC(=O)C(O)(c1ccc(Cl)cc1)c1ccc(Br)cc1. The number of hydrogen-bond donors (Lipinski definition) is 1. The van der Waals surface area contributed by atoms with Gasteiger partial charge in [-0.25, -0.2) is 4.79 Å². The molecule has 0 aromatic heterocycles. The summed E-state index contributed by atoms with van der Waals surface area (Å²) in [6.07, 6.45) is 0. The van der Waals surface area contributed by atoms with E-state index < -0.39 is 11.6 Å². The fraction of sp³-hybridized carbons (Fsp3) is 0.133. The molecule has 0 amide bonds. The van der Waals surface area contributed by atoms with Crippen molar-refractivity contribution in [1.29, 1.82) is 0 Å². The number of hydrogen-bond acceptors (Lipinski definition) is 3. The molecule has 2 aromatic carbocycles. The number of aliphatic hydroxyl groups is 1. The average Bonchev–Trinajstić information content (AvgIpc) is 2.47. The van der Waals surface area contributed by atoms with Gasteiger partial charge in [0, 0.05) is 9.50 Å². The van der Waals surface area contributed by atoms with Crippen LogP contribution in [0, 0.1) is 0 Å². The highest BCUT2D eigenvalue weighted by atomic mass is 79.9. The normalized spacial score (nSPS) is 13.6. The fourth-order valence-electron chi connectivity index (χ4n) is 1.93. The second-order valence-electron chi connectivity index (χ2n) is 4.22. The monoisotopic (exact) mass is 354 g/mol. The van der Waals surface area contributed by atoms with E-state index in [4.69, 9.17) is 16.3 Å². The summed E-state index contributed by atoms with van der Waals surface area (Å²) >= 11 is 9.15. The lowest BCUT2D eigenvalue weighted by Gasteiger charge is -2.26. The number of ether oxygens (including phenoxy) is 1. The summed E-state index contributed by atoms with van der Waals surface area (Å²) in [5, 5.41) is 11.4. The van der Waals surface area contributed by atoms with E-state index in [-0.39, 0.29) is 0 Å². The van der Waals surface area contributed by atoms with Crippen molar-refractivity contribution in [2.75, 3.05) is 7.11 Å². The molecule has 0 heterocycles. The number of carbonyl (C=O) groups excluding carboxylic acids is 1. The van der Waals surface area contributed by atoms with Crippen molar-refractivity contribution >= 4 is 33.5 Å². The van der Waals surface area contributed by atoms with Crippen molar-refractivity contribution < 1.29 is 14.6 Å². The van der Waals surface area contributed by atoms with E-state index in [9.17, 15) is 9.90 Å². The van der Waals surface area contributed by atoms with Gasteiger partial charge in [0.25, 0.3) is 0 Å². The highest BCUT2D eigenvalue weighted by Gasteiger charge is 2.41. The molecule has 2 aromatic rings. The van der Waals surface area contributed by atoms with Gasteiger partial charge in [-0.3, -0.25) is 0 Å². The molecule has 0 saturated heterocycles. The van der Waals surface area contributed by atoms with Crippen LogP contribution in [0.15, 0.2) is 53.0 Å². The van der Waals surface area contributed by atoms with Crippen molar-refractivity contribution in [3.63, 3.8) is 0 Å². The molecule has 1 N–H and O–H groups in total. The maximum absolute atomic E-state index is 12.1. The molecule has 1 unspecified atom stereocenters. The lowest BCUT2D eigenvalue weighted by atomic mass is 9.86. The van der Waals surface area contributed by atoms with Gasteiger partial charge in [0.2, 0.25) is 5.60 Å². The Morgan fingerprint density at radius 1 is 1.10 bits per heavy atom. The Hall–Kier alpha value is -1.36. The molecule has 2 rings (SSSR count). The molecule has 0 saturated carbocycles. The maximum atomic E-state index is 12.1. The van der Waals surface area contributed by atoms with Crippen LogP contribution in [-0.2, 0) is 15.1 Å². The fourth-order valence-corrected chi connectivity index (χ4v) is 2.32. The minimum absolute atomic E-state index is 0.399. The molecule has 0 bridgehead atoms. The summed E-state index contributed by atoms with van der Waals surface area (Å²) in [6, 6.07) is 13.2. The van der Waals surface area contributed by atoms with Gasteiger partial charge in [-0.15, -0.1) is 0 Å². The van der Waals surface area contributed by atoms with Crippen molar-refractivity contribution in [2.45, 2.75) is 5.60 Å². The zero-order chi connectivity index (χ0) is 14.8. The number of carbonyl (C=O) groups is 1. The maximum Gasteiger partial charge on any atom is 0.347 e. The van der Waals surface area contributed by atoms with E-state index in [2.05, 4.69) is 15.9 Å². The predicted molar refractivity (Wildman–Crippen MR) is 80.6 cm³/mol. The quantitative estimate of drug-likeness (QED) is 0.857. The van der Waals surface area contributed by atoms with E-state index >= 15 is 0 Å². The Labute approximate surface area is 130 Å². The molecular formula is C15H12BrClO3. The van der Waals surface area contributed by atoms with Gasteiger partial charge >= 0.3 is 5.97 Å². The van der Waals surface area contributed by atoms with E-state index in [0.717, 1.165) is 4.47 Å². The molecule has 3 nitrogen and oxygen atoms in total. The second-order valence-corrected chi connectivity index (χ2v) is 5.57. The largest absolute Gasteiger partial charge is 0.466 e. The molecule has 0 aliphatic rings. The third-order valence-electron chi connectivity index (χ3n) is 3.00. The van der Waals surface area contributed by atoms with Crippen LogP contribution >= 0.6 is 27.5 Å². The topological polar surface area (TPSA) is 46.5 Å². The second kappa shape index (κ2) is 5.95. The van der Waals surface area contributed by atoms with Crippen molar-refractivity contribution in [1.82, 2.24) is 0 Å². The summed E-state index contributed by atoms with van der Waals surface area (Å²) in [6.45, 7) is 0. The first-order chi connectivity index (χ1) is 9.48. The first-order valence-corrected chi connectivity index (χ1v) is 6.98. The van der Waals surface area contributed by atoms with Crippen LogP contribution in [0.2, 0.25) is 5.02 Å². The first kappa shape index (κ1) is 15.0. The zero-order valence-corrected chi connectivity index (χ0v) is 13.0. The van der Waals surface area contributed by atoms with Crippen molar-refractivity contribution in [3.8, 4) is 0 Å². The highest BCUT2D eigenvalue weighted by Crippen LogP contribution is 2.32. The van der Waals surface area contributed by atoms with Gasteiger partial charge in [-0.2, -0.15) is 0 Å². The Bertz CT molecular complexity index is 563. The van der Waals surface area contributed by atoms with Crippen LogP contribution < -0.4 is 0 Å². The first-order valence-electron chi connectivity index (χ1n) is 5.81. The molecule has 5 heteroatoms. The van der Waals surface area contributed by atoms with E-state index in [1.165, 1.54) is 7.11 Å².